The van der Waals surface area contributed by atoms with Gasteiger partial charge in [0, 0.05) is 37.7 Å². The Bertz CT molecular complexity index is 529. The lowest BCUT2D eigenvalue weighted by Gasteiger charge is -2.27. The summed E-state index contributed by atoms with van der Waals surface area (Å²) in [6, 6.07) is 4.00. The molecule has 5 nitrogen and oxygen atoms in total. The second kappa shape index (κ2) is 10.7. The van der Waals surface area contributed by atoms with Crippen LogP contribution in [0.5, 0.6) is 5.75 Å². The second-order valence-corrected chi connectivity index (χ2v) is 5.66. The Balaban J connectivity index is 0.00000288. The van der Waals surface area contributed by atoms with Gasteiger partial charge in [-0.05, 0) is 31.2 Å². The van der Waals surface area contributed by atoms with Gasteiger partial charge in [0.25, 0.3) is 5.91 Å². The van der Waals surface area contributed by atoms with Crippen molar-refractivity contribution in [1.82, 2.24) is 15.5 Å². The first kappa shape index (κ1) is 20.9. The molecule has 1 aromatic rings. The van der Waals surface area contributed by atoms with E-state index in [0.717, 1.165) is 39.1 Å². The number of carbonyl (C=O) groups is 1. The minimum absolute atomic E-state index is 0. The molecule has 1 aromatic carbocycles. The van der Waals surface area contributed by atoms with Crippen molar-refractivity contribution in [3.05, 3.63) is 28.8 Å². The van der Waals surface area contributed by atoms with Gasteiger partial charge in [-0.1, -0.05) is 11.6 Å². The predicted molar refractivity (Wildman–Crippen MR) is 91.6 cm³/mol. The molecule has 0 aliphatic carbocycles. The highest BCUT2D eigenvalue weighted by Gasteiger charge is 2.16. The number of nitrogens with zero attached hydrogens (tertiary/aromatic N) is 1. The highest BCUT2D eigenvalue weighted by Crippen LogP contribution is 2.24. The molecule has 0 saturated carbocycles. The zero-order chi connectivity index (χ0) is 16.7. The molecule has 24 heavy (non-hydrogen) atoms. The van der Waals surface area contributed by atoms with Gasteiger partial charge >= 0.3 is 6.61 Å². The van der Waals surface area contributed by atoms with Crippen LogP contribution in [-0.2, 0) is 0 Å². The number of piperazine rings is 1. The monoisotopic (exact) mass is 383 g/mol. The molecule has 2 rings (SSSR count). The fourth-order valence-electron chi connectivity index (χ4n) is 2.41. The minimum Gasteiger partial charge on any atom is -0.434 e. The summed E-state index contributed by atoms with van der Waals surface area (Å²) in [5, 5.41) is 6.28. The molecule has 0 atom stereocenters. The number of ether oxygens (including phenoxy) is 1. The van der Waals surface area contributed by atoms with E-state index >= 15 is 0 Å². The van der Waals surface area contributed by atoms with Crippen LogP contribution in [0.3, 0.4) is 0 Å². The number of hydrogen-bond donors (Lipinski definition) is 2. The Morgan fingerprint density at radius 2 is 2.08 bits per heavy atom. The number of halogens is 4. The summed E-state index contributed by atoms with van der Waals surface area (Å²) in [5.74, 6) is -0.646. The summed E-state index contributed by atoms with van der Waals surface area (Å²) < 4.78 is 29.1. The van der Waals surface area contributed by atoms with E-state index in [1.54, 1.807) is 0 Å². The molecule has 1 aliphatic rings. The Hall–Kier alpha value is -1.15. The molecule has 0 unspecified atom stereocenters. The average Bonchev–Trinajstić information content (AvgIpc) is 2.53. The van der Waals surface area contributed by atoms with Crippen LogP contribution >= 0.6 is 24.0 Å². The van der Waals surface area contributed by atoms with Gasteiger partial charge in [-0.25, -0.2) is 0 Å². The number of amides is 1. The molecule has 0 spiro atoms. The average molecular weight is 384 g/mol. The van der Waals surface area contributed by atoms with Gasteiger partial charge in [-0.3, -0.25) is 4.79 Å². The molecule has 1 aliphatic heterocycles. The molecule has 1 heterocycles. The largest absolute Gasteiger partial charge is 0.434 e. The van der Waals surface area contributed by atoms with Gasteiger partial charge in [0.2, 0.25) is 0 Å². The Kier molecular flexibility index (Phi) is 9.28. The van der Waals surface area contributed by atoms with Crippen molar-refractivity contribution in [2.24, 2.45) is 0 Å². The standard InChI is InChI=1S/C15H20ClF2N3O2.ClH/c16-11-2-3-13(23-15(17)18)12(10-11)14(22)20-4-1-7-21-8-5-19-6-9-21;/h2-3,10,15,19H,1,4-9H2,(H,20,22);1H. The van der Waals surface area contributed by atoms with E-state index in [1.165, 1.54) is 18.2 Å². The molecule has 1 amide bonds. The van der Waals surface area contributed by atoms with Gasteiger partial charge in [0.15, 0.2) is 0 Å². The van der Waals surface area contributed by atoms with E-state index in [9.17, 15) is 13.6 Å². The third-order valence-corrected chi connectivity index (χ3v) is 3.78. The maximum atomic E-state index is 12.4. The lowest BCUT2D eigenvalue weighted by atomic mass is 10.2. The number of rotatable bonds is 7. The molecule has 0 radical (unpaired) electrons. The summed E-state index contributed by atoms with van der Waals surface area (Å²) >= 11 is 5.82. The Morgan fingerprint density at radius 3 is 2.75 bits per heavy atom. The van der Waals surface area contributed by atoms with Gasteiger partial charge in [0.1, 0.15) is 5.75 Å². The highest BCUT2D eigenvalue weighted by molar-refractivity contribution is 6.31. The van der Waals surface area contributed by atoms with Gasteiger partial charge < -0.3 is 20.3 Å². The van der Waals surface area contributed by atoms with Crippen LogP contribution in [0.15, 0.2) is 18.2 Å². The normalized spacial score (nSPS) is 15.0. The lowest BCUT2D eigenvalue weighted by Crippen LogP contribution is -2.44. The Labute approximate surface area is 151 Å². The molecular formula is C15H21Cl2F2N3O2. The third-order valence-electron chi connectivity index (χ3n) is 3.55. The van der Waals surface area contributed by atoms with Crippen molar-refractivity contribution < 1.29 is 18.3 Å². The van der Waals surface area contributed by atoms with E-state index in [4.69, 9.17) is 11.6 Å². The molecule has 0 aromatic heterocycles. The van der Waals surface area contributed by atoms with E-state index in [-0.39, 0.29) is 28.7 Å². The number of nitrogens with one attached hydrogen (secondary N) is 2. The quantitative estimate of drug-likeness (QED) is 0.709. The number of benzene rings is 1. The van der Waals surface area contributed by atoms with E-state index in [2.05, 4.69) is 20.3 Å². The van der Waals surface area contributed by atoms with Crippen molar-refractivity contribution in [2.75, 3.05) is 39.3 Å². The van der Waals surface area contributed by atoms with Crippen molar-refractivity contribution in [3.8, 4) is 5.75 Å². The fraction of sp³-hybridized carbons (Fsp3) is 0.533. The maximum absolute atomic E-state index is 12.4. The predicted octanol–water partition coefficient (Wildman–Crippen LogP) is 2.39. The summed E-state index contributed by atoms with van der Waals surface area (Å²) in [4.78, 5) is 14.4. The van der Waals surface area contributed by atoms with Crippen molar-refractivity contribution in [3.63, 3.8) is 0 Å². The molecule has 136 valence electrons. The zero-order valence-electron chi connectivity index (χ0n) is 13.1. The summed E-state index contributed by atoms with van der Waals surface area (Å²) in [5.41, 5.74) is 0.0139. The van der Waals surface area contributed by atoms with Gasteiger partial charge in [-0.15, -0.1) is 12.4 Å². The molecule has 1 saturated heterocycles. The van der Waals surface area contributed by atoms with Crippen molar-refractivity contribution >= 4 is 29.9 Å². The molecule has 9 heteroatoms. The second-order valence-electron chi connectivity index (χ2n) is 5.22. The van der Waals surface area contributed by atoms with Crippen LogP contribution in [-0.4, -0.2) is 56.7 Å². The number of alkyl halides is 2. The molecule has 0 bridgehead atoms. The number of carbonyl (C=O) groups excluding carboxylic acids is 1. The van der Waals surface area contributed by atoms with Crippen LogP contribution in [0.2, 0.25) is 5.02 Å². The first-order valence-corrected chi connectivity index (χ1v) is 7.89. The van der Waals surface area contributed by atoms with Crippen LogP contribution < -0.4 is 15.4 Å². The SMILES string of the molecule is Cl.O=C(NCCCN1CCNCC1)c1cc(Cl)ccc1OC(F)F. The van der Waals surface area contributed by atoms with Crippen LogP contribution in [0.1, 0.15) is 16.8 Å². The molecular weight excluding hydrogens is 363 g/mol. The summed E-state index contributed by atoms with van der Waals surface area (Å²) in [6.07, 6.45) is 0.789. The van der Waals surface area contributed by atoms with Crippen molar-refractivity contribution in [1.29, 1.82) is 0 Å². The van der Waals surface area contributed by atoms with E-state index in [1.807, 2.05) is 0 Å². The summed E-state index contributed by atoms with van der Waals surface area (Å²) in [7, 11) is 0. The Morgan fingerprint density at radius 1 is 1.38 bits per heavy atom. The van der Waals surface area contributed by atoms with Gasteiger partial charge in [0.05, 0.1) is 5.56 Å². The smallest absolute Gasteiger partial charge is 0.387 e. The fourth-order valence-corrected chi connectivity index (χ4v) is 2.59. The molecule has 1 fully saturated rings. The minimum atomic E-state index is -2.99. The zero-order valence-corrected chi connectivity index (χ0v) is 14.6. The molecule has 2 N–H and O–H groups in total. The maximum Gasteiger partial charge on any atom is 0.387 e. The van der Waals surface area contributed by atoms with E-state index < -0.39 is 12.5 Å². The van der Waals surface area contributed by atoms with Crippen LogP contribution in [0.25, 0.3) is 0 Å². The van der Waals surface area contributed by atoms with Crippen LogP contribution in [0, 0.1) is 0 Å². The van der Waals surface area contributed by atoms with Crippen LogP contribution in [0.4, 0.5) is 8.78 Å². The first-order valence-electron chi connectivity index (χ1n) is 7.52. The van der Waals surface area contributed by atoms with Gasteiger partial charge in [-0.2, -0.15) is 8.78 Å². The first-order chi connectivity index (χ1) is 11.1. The number of hydrogen-bond acceptors (Lipinski definition) is 4. The topological polar surface area (TPSA) is 53.6 Å². The summed E-state index contributed by atoms with van der Waals surface area (Å²) in [6.45, 7) is 2.30. The lowest BCUT2D eigenvalue weighted by molar-refractivity contribution is -0.0501. The third kappa shape index (κ3) is 6.76. The van der Waals surface area contributed by atoms with E-state index in [0.29, 0.717) is 6.54 Å². The highest BCUT2D eigenvalue weighted by atomic mass is 35.5. The van der Waals surface area contributed by atoms with Crippen molar-refractivity contribution in [2.45, 2.75) is 13.0 Å².